The third-order valence-corrected chi connectivity index (χ3v) is 6.70. The Morgan fingerprint density at radius 3 is 2.41 bits per heavy atom. The monoisotopic (exact) mass is 628 g/mol. The number of carbonyl (C=O) groups excluding carboxylic acids is 2. The van der Waals surface area contributed by atoms with Crippen molar-refractivity contribution in [3.05, 3.63) is 101 Å². The maximum absolute atomic E-state index is 14.7. The molecule has 37 heavy (non-hydrogen) atoms. The average Bonchev–Trinajstić information content (AvgIpc) is 3.27. The summed E-state index contributed by atoms with van der Waals surface area (Å²) < 4.78 is 56.4. The van der Waals surface area contributed by atoms with E-state index in [1.165, 1.54) is 0 Å². The highest BCUT2D eigenvalue weighted by atomic mass is 127. The summed E-state index contributed by atoms with van der Waals surface area (Å²) >= 11 is 2.14. The Labute approximate surface area is 223 Å². The van der Waals surface area contributed by atoms with E-state index in [1.54, 1.807) is 48.7 Å². The molecule has 0 bridgehead atoms. The van der Waals surface area contributed by atoms with Crippen LogP contribution in [0.25, 0.3) is 0 Å². The predicted octanol–water partition coefficient (Wildman–Crippen LogP) is 4.39. The molecule has 0 spiro atoms. The first-order valence-electron chi connectivity index (χ1n) is 11.0. The van der Waals surface area contributed by atoms with E-state index in [1.807, 2.05) is 0 Å². The minimum absolute atomic E-state index is 0.0635. The minimum atomic E-state index is -4.84. The normalized spacial score (nSPS) is 17.1. The second-order valence-corrected chi connectivity index (χ2v) is 9.17. The molecule has 3 N–H and O–H groups in total. The second-order valence-electron chi connectivity index (χ2n) is 8.41. The first-order chi connectivity index (χ1) is 17.6. The lowest BCUT2D eigenvalue weighted by atomic mass is 9.79. The summed E-state index contributed by atoms with van der Waals surface area (Å²) in [5, 5.41) is 5.18. The highest BCUT2D eigenvalue weighted by molar-refractivity contribution is 14.1. The van der Waals surface area contributed by atoms with Gasteiger partial charge in [-0.1, -0.05) is 59.0 Å². The van der Waals surface area contributed by atoms with Crippen molar-refractivity contribution in [3.63, 3.8) is 0 Å². The standard InChI is InChI=1S/C25H21F4IN4O3/c26-19-9-17(8-18(10-19)25(27,28)29)24(11-15-4-2-1-3-5-15,21-7-6-16(12-30)13-31-21)33-23(36)32-20-14-37-34-22(20)35/h1-10,13,20H,11-12,14H2,(H,34,35)(H2,32,33,36)/t20-,24+/m1/s1. The van der Waals surface area contributed by atoms with Crippen molar-refractivity contribution in [3.8, 4) is 0 Å². The summed E-state index contributed by atoms with van der Waals surface area (Å²) in [5.74, 6) is -1.71. The van der Waals surface area contributed by atoms with Gasteiger partial charge in [0.2, 0.25) is 0 Å². The van der Waals surface area contributed by atoms with E-state index in [0.29, 0.717) is 16.1 Å². The number of urea groups is 1. The van der Waals surface area contributed by atoms with Crippen LogP contribution >= 0.6 is 22.6 Å². The number of nitrogens with one attached hydrogen (secondary N) is 3. The van der Waals surface area contributed by atoms with E-state index < -0.39 is 41.1 Å². The smallest absolute Gasteiger partial charge is 0.324 e. The Balaban J connectivity index is 1.89. The lowest BCUT2D eigenvalue weighted by molar-refractivity contribution is -0.137. The van der Waals surface area contributed by atoms with Crippen LogP contribution in [0.15, 0.2) is 66.9 Å². The lowest BCUT2D eigenvalue weighted by Crippen LogP contribution is -2.55. The van der Waals surface area contributed by atoms with E-state index >= 15 is 0 Å². The van der Waals surface area contributed by atoms with Gasteiger partial charge in [0.05, 0.1) is 11.3 Å². The number of pyridine rings is 1. The molecule has 0 radical (unpaired) electrons. The number of halogens is 5. The maximum atomic E-state index is 14.7. The fourth-order valence-electron chi connectivity index (χ4n) is 4.02. The molecular formula is C25H21F4IN4O3. The van der Waals surface area contributed by atoms with Crippen molar-refractivity contribution < 1.29 is 32.0 Å². The second kappa shape index (κ2) is 11.0. The molecule has 3 amide bonds. The van der Waals surface area contributed by atoms with Gasteiger partial charge in [-0.05, 0) is 41.0 Å². The topological polar surface area (TPSA) is 92.4 Å². The zero-order chi connectivity index (χ0) is 26.6. The molecule has 2 atom stereocenters. The van der Waals surface area contributed by atoms with Gasteiger partial charge in [0.15, 0.2) is 0 Å². The van der Waals surface area contributed by atoms with Crippen LogP contribution in [0.5, 0.6) is 0 Å². The molecule has 194 valence electrons. The van der Waals surface area contributed by atoms with Gasteiger partial charge < -0.3 is 10.6 Å². The number of hydrogen-bond donors (Lipinski definition) is 3. The Morgan fingerprint density at radius 2 is 1.81 bits per heavy atom. The number of rotatable bonds is 7. The summed E-state index contributed by atoms with van der Waals surface area (Å²) in [6.45, 7) is -0.140. The molecular weight excluding hydrogens is 607 g/mol. The lowest BCUT2D eigenvalue weighted by Gasteiger charge is -2.36. The van der Waals surface area contributed by atoms with Crippen LogP contribution < -0.4 is 16.1 Å². The number of hydroxylamine groups is 1. The van der Waals surface area contributed by atoms with E-state index in [4.69, 9.17) is 4.84 Å². The number of aromatic nitrogens is 1. The molecule has 2 aromatic carbocycles. The van der Waals surface area contributed by atoms with Gasteiger partial charge >= 0.3 is 12.2 Å². The molecule has 1 saturated heterocycles. The Hall–Kier alpha value is -3.26. The first kappa shape index (κ1) is 26.8. The van der Waals surface area contributed by atoms with E-state index in [-0.39, 0.29) is 24.3 Å². The fraction of sp³-hybridized carbons (Fsp3) is 0.240. The molecule has 3 aromatic rings. The van der Waals surface area contributed by atoms with Crippen LogP contribution in [0.1, 0.15) is 27.9 Å². The molecule has 1 fully saturated rings. The van der Waals surface area contributed by atoms with Gasteiger partial charge in [-0.3, -0.25) is 14.6 Å². The van der Waals surface area contributed by atoms with Crippen LogP contribution in [-0.2, 0) is 32.2 Å². The number of carbonyl (C=O) groups is 2. The van der Waals surface area contributed by atoms with Crippen molar-refractivity contribution in [1.29, 1.82) is 0 Å². The highest BCUT2D eigenvalue weighted by Crippen LogP contribution is 2.37. The third kappa shape index (κ3) is 6.18. The zero-order valence-corrected chi connectivity index (χ0v) is 21.3. The summed E-state index contributed by atoms with van der Waals surface area (Å²) in [7, 11) is 0. The van der Waals surface area contributed by atoms with Gasteiger partial charge in [0.1, 0.15) is 24.0 Å². The van der Waals surface area contributed by atoms with Gasteiger partial charge in [-0.2, -0.15) is 13.2 Å². The first-order valence-corrected chi connectivity index (χ1v) is 12.6. The average molecular weight is 628 g/mol. The SMILES string of the molecule is O=C(N[C@@H]1CONC1=O)N[C@@](Cc1ccccc1)(c1cc(F)cc(C(F)(F)F)c1)c1ccc(CI)cn1. The Morgan fingerprint density at radius 1 is 1.08 bits per heavy atom. The summed E-state index contributed by atoms with van der Waals surface area (Å²) in [4.78, 5) is 34.4. The van der Waals surface area contributed by atoms with Gasteiger partial charge in [0, 0.05) is 17.0 Å². The van der Waals surface area contributed by atoms with Crippen molar-refractivity contribution in [2.75, 3.05) is 6.61 Å². The Kier molecular flexibility index (Phi) is 7.97. The number of hydrogen-bond acceptors (Lipinski definition) is 4. The van der Waals surface area contributed by atoms with Crippen molar-refractivity contribution in [1.82, 2.24) is 21.1 Å². The molecule has 2 heterocycles. The van der Waals surface area contributed by atoms with Crippen LogP contribution in [0.4, 0.5) is 22.4 Å². The molecule has 1 aliphatic heterocycles. The van der Waals surface area contributed by atoms with Crippen LogP contribution in [0.2, 0.25) is 0 Å². The molecule has 0 unspecified atom stereocenters. The molecule has 7 nitrogen and oxygen atoms in total. The van der Waals surface area contributed by atoms with E-state index in [0.717, 1.165) is 17.7 Å². The van der Waals surface area contributed by atoms with Crippen LogP contribution in [0, 0.1) is 5.82 Å². The van der Waals surface area contributed by atoms with Crippen molar-refractivity contribution in [2.45, 2.75) is 28.6 Å². The number of benzene rings is 2. The Bertz CT molecular complexity index is 1280. The van der Waals surface area contributed by atoms with E-state index in [2.05, 4.69) is 43.7 Å². The van der Waals surface area contributed by atoms with Gasteiger partial charge in [-0.25, -0.2) is 14.7 Å². The van der Waals surface area contributed by atoms with Crippen molar-refractivity contribution >= 4 is 34.5 Å². The zero-order valence-electron chi connectivity index (χ0n) is 19.1. The number of alkyl halides is 4. The predicted molar refractivity (Wildman–Crippen MR) is 134 cm³/mol. The quantitative estimate of drug-likeness (QED) is 0.206. The summed E-state index contributed by atoms with van der Waals surface area (Å²) in [6, 6.07) is 12.2. The number of amides is 3. The van der Waals surface area contributed by atoms with Gasteiger partial charge in [-0.15, -0.1) is 0 Å². The van der Waals surface area contributed by atoms with Crippen LogP contribution in [0.3, 0.4) is 0 Å². The molecule has 1 aromatic heterocycles. The van der Waals surface area contributed by atoms with Gasteiger partial charge in [0.25, 0.3) is 5.91 Å². The molecule has 12 heteroatoms. The maximum Gasteiger partial charge on any atom is 0.416 e. The fourth-order valence-corrected chi connectivity index (χ4v) is 4.47. The molecule has 0 saturated carbocycles. The summed E-state index contributed by atoms with van der Waals surface area (Å²) in [5.41, 5.74) is 0.666. The molecule has 0 aliphatic carbocycles. The third-order valence-electron chi connectivity index (χ3n) is 5.82. The molecule has 4 rings (SSSR count). The van der Waals surface area contributed by atoms with Crippen molar-refractivity contribution in [2.24, 2.45) is 0 Å². The number of nitrogens with zero attached hydrogens (tertiary/aromatic N) is 1. The van der Waals surface area contributed by atoms with Crippen LogP contribution in [-0.4, -0.2) is 29.6 Å². The molecule has 1 aliphatic rings. The van der Waals surface area contributed by atoms with E-state index in [9.17, 15) is 27.2 Å². The minimum Gasteiger partial charge on any atom is -0.324 e. The largest absolute Gasteiger partial charge is 0.416 e. The summed E-state index contributed by atoms with van der Waals surface area (Å²) in [6.07, 6.45) is -3.36. The highest BCUT2D eigenvalue weighted by Gasteiger charge is 2.41.